The number of likely N-dealkylation sites (tertiary alicyclic amines) is 1. The number of carbonyl (C=O) groups is 2. The van der Waals surface area contributed by atoms with Crippen LogP contribution in [0.4, 0.5) is 17.6 Å². The minimum Gasteiger partial charge on any atom is -0.487 e. The van der Waals surface area contributed by atoms with E-state index in [-0.39, 0.29) is 60.4 Å². The fourth-order valence-corrected chi connectivity index (χ4v) is 8.16. The smallest absolute Gasteiger partial charge is 0.224 e. The molecule has 3 N–H and O–H groups in total. The van der Waals surface area contributed by atoms with Gasteiger partial charge in [0, 0.05) is 46.1 Å². The lowest BCUT2D eigenvalue weighted by Crippen LogP contribution is -2.43. The molecule has 69 heavy (non-hydrogen) atoms. The summed E-state index contributed by atoms with van der Waals surface area (Å²) in [5, 5.41) is 11.5. The summed E-state index contributed by atoms with van der Waals surface area (Å²) in [5.74, 6) is -3.40. The van der Waals surface area contributed by atoms with Gasteiger partial charge in [0.1, 0.15) is 6.61 Å². The number of alkyl halides is 1. The number of pyridine rings is 2. The van der Waals surface area contributed by atoms with E-state index >= 15 is 0 Å². The second kappa shape index (κ2) is 27.6. The maximum Gasteiger partial charge on any atom is 0.224 e. The van der Waals surface area contributed by atoms with Crippen LogP contribution < -0.4 is 25.4 Å². The number of amides is 2. The zero-order valence-corrected chi connectivity index (χ0v) is 40.7. The molecule has 17 heteroatoms. The molecule has 0 radical (unpaired) electrons. The van der Waals surface area contributed by atoms with Crippen molar-refractivity contribution < 1.29 is 36.6 Å². The van der Waals surface area contributed by atoms with E-state index in [1.54, 1.807) is 24.5 Å². The first kappa shape index (κ1) is 52.8. The van der Waals surface area contributed by atoms with E-state index in [2.05, 4.69) is 46.7 Å². The molecule has 4 aromatic carbocycles. The van der Waals surface area contributed by atoms with Gasteiger partial charge in [0.25, 0.3) is 0 Å². The lowest BCUT2D eigenvalue weighted by molar-refractivity contribution is -0.127. The van der Waals surface area contributed by atoms with Crippen LogP contribution in [-0.4, -0.2) is 77.9 Å². The summed E-state index contributed by atoms with van der Waals surface area (Å²) in [6.45, 7) is 4.15. The summed E-state index contributed by atoms with van der Waals surface area (Å²) in [6, 6.07) is 32.9. The van der Waals surface area contributed by atoms with Crippen LogP contribution in [-0.2, 0) is 9.59 Å². The van der Waals surface area contributed by atoms with Gasteiger partial charge in [-0.1, -0.05) is 87.7 Å². The Morgan fingerprint density at radius 3 is 1.43 bits per heavy atom. The number of nitrogens with zero attached hydrogens (tertiary/aromatic N) is 3. The Morgan fingerprint density at radius 2 is 1.03 bits per heavy atom. The molecule has 2 saturated heterocycles. The molecule has 8 rings (SSSR count). The average molecular weight is 1050 g/mol. The molecule has 2 unspecified atom stereocenters. The molecule has 2 atom stereocenters. The van der Waals surface area contributed by atoms with E-state index in [0.717, 1.165) is 60.6 Å². The van der Waals surface area contributed by atoms with Crippen molar-refractivity contribution in [3.8, 4) is 11.5 Å². The summed E-state index contributed by atoms with van der Waals surface area (Å²) in [4.78, 5) is 36.7. The van der Waals surface area contributed by atoms with Crippen molar-refractivity contribution in [3.63, 3.8) is 0 Å². The lowest BCUT2D eigenvalue weighted by Gasteiger charge is -2.32. The third kappa shape index (κ3) is 16.2. The fourth-order valence-electron chi connectivity index (χ4n) is 7.74. The molecule has 2 amide bonds. The monoisotopic (exact) mass is 1050 g/mol. The molecular formula is C52H53BrCl2F4N6O4. The maximum atomic E-state index is 13.7. The van der Waals surface area contributed by atoms with E-state index in [1.807, 2.05) is 72.8 Å². The molecule has 2 aromatic heterocycles. The molecule has 10 nitrogen and oxygen atoms in total. The Morgan fingerprint density at radius 1 is 0.609 bits per heavy atom. The first-order valence-electron chi connectivity index (χ1n) is 22.6. The molecule has 0 bridgehead atoms. The minimum absolute atomic E-state index is 0.0186. The highest BCUT2D eigenvalue weighted by molar-refractivity contribution is 9.09. The first-order chi connectivity index (χ1) is 33.5. The molecule has 364 valence electrons. The average Bonchev–Trinajstić information content (AvgIpc) is 3.37. The number of hydrogen-bond acceptors (Lipinski definition) is 8. The van der Waals surface area contributed by atoms with E-state index in [1.165, 1.54) is 24.3 Å². The third-order valence-electron chi connectivity index (χ3n) is 11.4. The number of carbonyl (C=O) groups excluding carboxylic acids is 2. The second-order valence-corrected chi connectivity index (χ2v) is 17.8. The number of hydrogen-bond donors (Lipinski definition) is 3. The van der Waals surface area contributed by atoms with Crippen molar-refractivity contribution in [2.75, 3.05) is 51.3 Å². The van der Waals surface area contributed by atoms with E-state index in [0.29, 0.717) is 47.9 Å². The van der Waals surface area contributed by atoms with Gasteiger partial charge < -0.3 is 25.4 Å². The lowest BCUT2D eigenvalue weighted by atomic mass is 9.94. The van der Waals surface area contributed by atoms with Gasteiger partial charge in [0.2, 0.25) is 11.8 Å². The van der Waals surface area contributed by atoms with Gasteiger partial charge >= 0.3 is 0 Å². The number of piperidine rings is 2. The number of para-hydroxylation sites is 2. The van der Waals surface area contributed by atoms with Gasteiger partial charge in [-0.3, -0.25) is 24.5 Å². The van der Waals surface area contributed by atoms with Crippen molar-refractivity contribution in [2.45, 2.75) is 37.8 Å². The molecule has 6 aromatic rings. The molecule has 2 aliphatic rings. The van der Waals surface area contributed by atoms with Crippen LogP contribution in [0, 0.1) is 35.1 Å². The molecule has 0 spiro atoms. The van der Waals surface area contributed by atoms with Crippen molar-refractivity contribution in [2.24, 2.45) is 11.8 Å². The molecular weight excluding hydrogens is 999 g/mol. The Kier molecular flexibility index (Phi) is 21.1. The van der Waals surface area contributed by atoms with Gasteiger partial charge in [-0.05, 0) is 136 Å². The van der Waals surface area contributed by atoms with E-state index in [4.69, 9.17) is 32.7 Å². The van der Waals surface area contributed by atoms with Crippen LogP contribution in [0.1, 0.15) is 60.3 Å². The number of nitrogens with one attached hydrogen (secondary N) is 3. The van der Waals surface area contributed by atoms with Gasteiger partial charge in [0.15, 0.2) is 34.8 Å². The number of benzene rings is 4. The van der Waals surface area contributed by atoms with E-state index < -0.39 is 23.3 Å². The normalized spacial score (nSPS) is 15.0. The van der Waals surface area contributed by atoms with Crippen LogP contribution in [0.2, 0.25) is 10.0 Å². The molecule has 2 fully saturated rings. The topological polar surface area (TPSA) is 118 Å². The van der Waals surface area contributed by atoms with Crippen LogP contribution in [0.3, 0.4) is 0 Å². The van der Waals surface area contributed by atoms with Crippen LogP contribution in [0.25, 0.3) is 0 Å². The third-order valence-corrected chi connectivity index (χ3v) is 12.3. The second-order valence-electron chi connectivity index (χ2n) is 16.1. The predicted octanol–water partition coefficient (Wildman–Crippen LogP) is 10.7. The Hall–Kier alpha value is -5.58. The predicted molar refractivity (Wildman–Crippen MR) is 264 cm³/mol. The Balaban J connectivity index is 0.000000191. The first-order valence-corrected chi connectivity index (χ1v) is 24.4. The van der Waals surface area contributed by atoms with Crippen molar-refractivity contribution in [3.05, 3.63) is 190 Å². The zero-order chi connectivity index (χ0) is 49.0. The quantitative estimate of drug-likeness (QED) is 0.0688. The zero-order valence-electron chi connectivity index (χ0n) is 37.6. The molecule has 0 saturated carbocycles. The molecule has 0 aliphatic carbocycles. The standard InChI is InChI=1S/C26H26ClF2N3O2.C18H20ClN3O.C8H7BrF2O/c27-20-9-7-18(8-10-20)24(23-6-1-2-13-30-23)31-26(33)19-11-14-32(15-12-19)16-17-34-25-21(28)4-3-5-22(25)29;19-15-6-4-13(5-7-15)17(16-3-1-2-10-21-16)22-18(23)14-8-11-20-12-9-14;9-4-5-12-8-6(10)2-1-3-7(8)11/h1-10,13,19,24H,11-12,14-17H2,(H,31,33);1-7,10,14,17,20H,8-9,11-12H2,(H,22,23);1-3H,4-5H2. The van der Waals surface area contributed by atoms with Crippen molar-refractivity contribution >= 4 is 50.9 Å². The van der Waals surface area contributed by atoms with Crippen LogP contribution in [0.5, 0.6) is 11.5 Å². The highest BCUT2D eigenvalue weighted by Gasteiger charge is 2.29. The number of aromatic nitrogens is 2. The van der Waals surface area contributed by atoms with Crippen LogP contribution >= 0.6 is 39.1 Å². The molecule has 4 heterocycles. The van der Waals surface area contributed by atoms with Gasteiger partial charge in [-0.2, -0.15) is 0 Å². The van der Waals surface area contributed by atoms with Crippen LogP contribution in [0.15, 0.2) is 134 Å². The Bertz CT molecular complexity index is 2470. The van der Waals surface area contributed by atoms with E-state index in [9.17, 15) is 27.2 Å². The number of halogens is 7. The van der Waals surface area contributed by atoms with Gasteiger partial charge in [-0.15, -0.1) is 0 Å². The Labute approximate surface area is 418 Å². The summed E-state index contributed by atoms with van der Waals surface area (Å²) in [6.07, 6.45) is 6.58. The summed E-state index contributed by atoms with van der Waals surface area (Å²) < 4.78 is 63.1. The highest BCUT2D eigenvalue weighted by Crippen LogP contribution is 2.27. The minimum atomic E-state index is -0.710. The number of rotatable bonds is 15. The fraction of sp³-hybridized carbons (Fsp3) is 0.308. The summed E-state index contributed by atoms with van der Waals surface area (Å²) in [5.41, 5.74) is 3.48. The maximum absolute atomic E-state index is 13.7. The van der Waals surface area contributed by atoms with Crippen molar-refractivity contribution in [1.82, 2.24) is 30.8 Å². The summed E-state index contributed by atoms with van der Waals surface area (Å²) >= 11 is 15.1. The van der Waals surface area contributed by atoms with Gasteiger partial charge in [-0.25, -0.2) is 17.6 Å². The highest BCUT2D eigenvalue weighted by atomic mass is 79.9. The molecule has 2 aliphatic heterocycles. The van der Waals surface area contributed by atoms with Gasteiger partial charge in [0.05, 0.1) is 30.1 Å². The SMILES string of the molecule is Fc1cccc(F)c1OCCBr.O=C(NC(c1ccc(Cl)cc1)c1ccccn1)C1CCN(CCOc2c(F)cccc2F)CC1.O=C(NC(c1ccc(Cl)cc1)c1ccccn1)C1CCNCC1. The largest absolute Gasteiger partial charge is 0.487 e. The number of ether oxygens (including phenoxy) is 2. The summed E-state index contributed by atoms with van der Waals surface area (Å²) in [7, 11) is 0. The van der Waals surface area contributed by atoms with Crippen molar-refractivity contribution in [1.29, 1.82) is 0 Å².